The van der Waals surface area contributed by atoms with Gasteiger partial charge in [0.1, 0.15) is 6.04 Å². The van der Waals surface area contributed by atoms with E-state index in [-0.39, 0.29) is 17.9 Å². The van der Waals surface area contributed by atoms with E-state index >= 15 is 0 Å². The SMILES string of the molecule is CSCCCN1C(=O)C(c2ccccc2)NC(=O)CC1C. The molecule has 1 aromatic rings. The van der Waals surface area contributed by atoms with E-state index < -0.39 is 6.04 Å². The smallest absolute Gasteiger partial charge is 0.250 e. The van der Waals surface area contributed by atoms with E-state index in [1.807, 2.05) is 42.2 Å². The number of benzene rings is 1. The van der Waals surface area contributed by atoms with Gasteiger partial charge in [-0.05, 0) is 30.9 Å². The van der Waals surface area contributed by atoms with Crippen LogP contribution in [0.1, 0.15) is 31.4 Å². The summed E-state index contributed by atoms with van der Waals surface area (Å²) in [5.74, 6) is 0.964. The van der Waals surface area contributed by atoms with Crippen molar-refractivity contribution >= 4 is 23.6 Å². The Bertz CT molecular complexity index is 492. The molecule has 1 aliphatic heterocycles. The predicted molar refractivity (Wildman–Crippen MR) is 86.1 cm³/mol. The van der Waals surface area contributed by atoms with Gasteiger partial charge in [0.05, 0.1) is 0 Å². The molecule has 1 fully saturated rings. The third kappa shape index (κ3) is 4.00. The summed E-state index contributed by atoms with van der Waals surface area (Å²) in [5.41, 5.74) is 0.847. The second-order valence-corrected chi connectivity index (χ2v) is 6.33. The summed E-state index contributed by atoms with van der Waals surface area (Å²) in [6, 6.07) is 8.86. The minimum absolute atomic E-state index is 0.000605. The van der Waals surface area contributed by atoms with Crippen LogP contribution in [0.2, 0.25) is 0 Å². The van der Waals surface area contributed by atoms with Crippen LogP contribution < -0.4 is 5.32 Å². The minimum Gasteiger partial charge on any atom is -0.340 e. The molecule has 0 bridgehead atoms. The van der Waals surface area contributed by atoms with Crippen molar-refractivity contribution in [1.82, 2.24) is 10.2 Å². The van der Waals surface area contributed by atoms with Crippen LogP contribution in [-0.2, 0) is 9.59 Å². The van der Waals surface area contributed by atoms with Gasteiger partial charge in [0.2, 0.25) is 11.8 Å². The molecule has 0 radical (unpaired) electrons. The summed E-state index contributed by atoms with van der Waals surface area (Å²) >= 11 is 1.78. The second-order valence-electron chi connectivity index (χ2n) is 5.34. The van der Waals surface area contributed by atoms with Gasteiger partial charge in [0, 0.05) is 19.0 Å². The van der Waals surface area contributed by atoms with Gasteiger partial charge in [-0.3, -0.25) is 9.59 Å². The number of thioether (sulfide) groups is 1. The van der Waals surface area contributed by atoms with Gasteiger partial charge in [-0.15, -0.1) is 0 Å². The first-order valence-electron chi connectivity index (χ1n) is 7.27. The third-order valence-electron chi connectivity index (χ3n) is 3.73. The van der Waals surface area contributed by atoms with Crippen LogP contribution in [0, 0.1) is 0 Å². The number of carbonyl (C=O) groups excluding carboxylic acids is 2. The topological polar surface area (TPSA) is 49.4 Å². The number of amides is 2. The molecule has 0 saturated carbocycles. The highest BCUT2D eigenvalue weighted by molar-refractivity contribution is 7.98. The summed E-state index contributed by atoms with van der Waals surface area (Å²) < 4.78 is 0. The van der Waals surface area contributed by atoms with Gasteiger partial charge in [0.25, 0.3) is 0 Å². The summed E-state index contributed by atoms with van der Waals surface area (Å²) in [6.45, 7) is 2.66. The van der Waals surface area contributed by atoms with Crippen LogP contribution in [-0.4, -0.2) is 41.3 Å². The lowest BCUT2D eigenvalue weighted by Gasteiger charge is -2.28. The van der Waals surface area contributed by atoms with Crippen molar-refractivity contribution in [3.63, 3.8) is 0 Å². The Labute approximate surface area is 130 Å². The zero-order chi connectivity index (χ0) is 15.2. The Morgan fingerprint density at radius 2 is 2.00 bits per heavy atom. The molecule has 1 N–H and O–H groups in total. The van der Waals surface area contributed by atoms with Crippen molar-refractivity contribution in [2.24, 2.45) is 0 Å². The maximum absolute atomic E-state index is 12.8. The highest BCUT2D eigenvalue weighted by Gasteiger charge is 2.34. The zero-order valence-electron chi connectivity index (χ0n) is 12.5. The molecular formula is C16H22N2O2S. The molecule has 0 aliphatic carbocycles. The molecule has 114 valence electrons. The first-order valence-corrected chi connectivity index (χ1v) is 8.66. The summed E-state index contributed by atoms with van der Waals surface area (Å²) in [4.78, 5) is 26.7. The average Bonchev–Trinajstić information content (AvgIpc) is 2.59. The number of hydrogen-bond acceptors (Lipinski definition) is 3. The predicted octanol–water partition coefficient (Wildman–Crippen LogP) is 2.22. The van der Waals surface area contributed by atoms with Crippen molar-refractivity contribution in [2.45, 2.75) is 31.8 Å². The van der Waals surface area contributed by atoms with Gasteiger partial charge >= 0.3 is 0 Å². The lowest BCUT2D eigenvalue weighted by Crippen LogP contribution is -2.42. The van der Waals surface area contributed by atoms with E-state index in [1.165, 1.54) is 0 Å². The van der Waals surface area contributed by atoms with Crippen molar-refractivity contribution in [1.29, 1.82) is 0 Å². The maximum atomic E-state index is 12.8. The van der Waals surface area contributed by atoms with Gasteiger partial charge in [-0.25, -0.2) is 0 Å². The largest absolute Gasteiger partial charge is 0.340 e. The lowest BCUT2D eigenvalue weighted by atomic mass is 10.1. The molecule has 2 amide bonds. The van der Waals surface area contributed by atoms with Crippen LogP contribution in [0.5, 0.6) is 0 Å². The molecule has 1 saturated heterocycles. The van der Waals surface area contributed by atoms with E-state index in [0.717, 1.165) is 17.7 Å². The average molecular weight is 306 g/mol. The standard InChI is InChI=1S/C16H22N2O2S/c1-12-11-14(19)17-15(13-7-4-3-5-8-13)16(20)18(12)9-6-10-21-2/h3-5,7-8,12,15H,6,9-11H2,1-2H3,(H,17,19). The molecule has 1 aliphatic rings. The summed E-state index contributed by atoms with van der Waals surface area (Å²) in [7, 11) is 0. The van der Waals surface area contributed by atoms with Crippen LogP contribution in [0.15, 0.2) is 30.3 Å². The van der Waals surface area contributed by atoms with Crippen molar-refractivity contribution in [3.8, 4) is 0 Å². The Kier molecular flexibility index (Phi) is 5.67. The maximum Gasteiger partial charge on any atom is 0.250 e. The molecule has 4 nitrogen and oxygen atoms in total. The number of hydrogen-bond donors (Lipinski definition) is 1. The monoisotopic (exact) mass is 306 g/mol. The van der Waals surface area contributed by atoms with E-state index in [4.69, 9.17) is 0 Å². The Morgan fingerprint density at radius 1 is 1.29 bits per heavy atom. The van der Waals surface area contributed by atoms with E-state index in [9.17, 15) is 9.59 Å². The van der Waals surface area contributed by atoms with Crippen LogP contribution in [0.25, 0.3) is 0 Å². The molecule has 0 spiro atoms. The number of nitrogens with zero attached hydrogens (tertiary/aromatic N) is 1. The minimum atomic E-state index is -0.557. The molecule has 0 aromatic heterocycles. The fourth-order valence-corrected chi connectivity index (χ4v) is 3.04. The fraction of sp³-hybridized carbons (Fsp3) is 0.500. The molecule has 2 unspecified atom stereocenters. The molecule has 2 atom stereocenters. The van der Waals surface area contributed by atoms with E-state index in [0.29, 0.717) is 13.0 Å². The molecule has 21 heavy (non-hydrogen) atoms. The van der Waals surface area contributed by atoms with Crippen molar-refractivity contribution < 1.29 is 9.59 Å². The summed E-state index contributed by atoms with van der Waals surface area (Å²) in [5, 5.41) is 2.86. The van der Waals surface area contributed by atoms with Crippen LogP contribution >= 0.6 is 11.8 Å². The van der Waals surface area contributed by atoms with Gasteiger partial charge < -0.3 is 10.2 Å². The third-order valence-corrected chi connectivity index (χ3v) is 4.43. The van der Waals surface area contributed by atoms with Gasteiger partial charge in [-0.2, -0.15) is 11.8 Å². The van der Waals surface area contributed by atoms with Crippen molar-refractivity contribution in [3.05, 3.63) is 35.9 Å². The normalized spacial score (nSPS) is 22.9. The highest BCUT2D eigenvalue weighted by Crippen LogP contribution is 2.22. The fourth-order valence-electron chi connectivity index (χ4n) is 2.62. The van der Waals surface area contributed by atoms with Gasteiger partial charge in [0.15, 0.2) is 0 Å². The van der Waals surface area contributed by atoms with Crippen LogP contribution in [0.4, 0.5) is 0 Å². The first-order chi connectivity index (χ1) is 10.1. The molecule has 2 rings (SSSR count). The molecule has 1 aromatic carbocycles. The molecular weight excluding hydrogens is 284 g/mol. The zero-order valence-corrected chi connectivity index (χ0v) is 13.4. The van der Waals surface area contributed by atoms with Crippen LogP contribution in [0.3, 0.4) is 0 Å². The van der Waals surface area contributed by atoms with E-state index in [2.05, 4.69) is 11.6 Å². The first kappa shape index (κ1) is 15.9. The molecule has 5 heteroatoms. The van der Waals surface area contributed by atoms with Crippen molar-refractivity contribution in [2.75, 3.05) is 18.6 Å². The molecule has 1 heterocycles. The van der Waals surface area contributed by atoms with E-state index in [1.54, 1.807) is 11.8 Å². The highest BCUT2D eigenvalue weighted by atomic mass is 32.2. The Balaban J connectivity index is 2.20. The van der Waals surface area contributed by atoms with Gasteiger partial charge in [-0.1, -0.05) is 30.3 Å². The summed E-state index contributed by atoms with van der Waals surface area (Å²) in [6.07, 6.45) is 3.38. The lowest BCUT2D eigenvalue weighted by molar-refractivity contribution is -0.135. The number of nitrogens with one attached hydrogen (secondary N) is 1. The Hall–Kier alpha value is -1.49. The number of carbonyl (C=O) groups is 2. The Morgan fingerprint density at radius 3 is 2.67 bits per heavy atom. The quantitative estimate of drug-likeness (QED) is 0.849. The second kappa shape index (κ2) is 7.50. The number of rotatable bonds is 5.